The molecule has 23 heavy (non-hydrogen) atoms. The zero-order valence-corrected chi connectivity index (χ0v) is 13.2. The van der Waals surface area contributed by atoms with Crippen molar-refractivity contribution in [2.45, 2.75) is 0 Å². The van der Waals surface area contributed by atoms with Gasteiger partial charge < -0.3 is 4.90 Å². The molecule has 0 fully saturated rings. The molecule has 0 N–H and O–H groups in total. The van der Waals surface area contributed by atoms with Gasteiger partial charge in [-0.15, -0.1) is 0 Å². The fourth-order valence-corrected chi connectivity index (χ4v) is 3.28. The summed E-state index contributed by atoms with van der Waals surface area (Å²) in [6.45, 7) is 0. The van der Waals surface area contributed by atoms with Gasteiger partial charge in [0.25, 0.3) is 5.91 Å². The van der Waals surface area contributed by atoms with Crippen LogP contribution in [0.1, 0.15) is 10.4 Å². The minimum absolute atomic E-state index is 0.0377. The van der Waals surface area contributed by atoms with Crippen molar-refractivity contribution >= 4 is 38.2 Å². The van der Waals surface area contributed by atoms with E-state index in [0.717, 1.165) is 16.3 Å². The molecule has 0 aliphatic carbocycles. The van der Waals surface area contributed by atoms with Gasteiger partial charge in [0.1, 0.15) is 0 Å². The monoisotopic (exact) mass is 299 g/mol. The Morgan fingerprint density at radius 1 is 0.652 bits per heavy atom. The van der Waals surface area contributed by atoms with Gasteiger partial charge in [0, 0.05) is 19.7 Å². The second kappa shape index (κ2) is 5.10. The molecule has 0 aliphatic heterocycles. The number of carbonyl (C=O) groups is 1. The molecule has 0 aromatic heterocycles. The first kappa shape index (κ1) is 13.8. The molecule has 2 heteroatoms. The topological polar surface area (TPSA) is 20.3 Å². The quantitative estimate of drug-likeness (QED) is 0.460. The molecule has 0 heterocycles. The maximum Gasteiger partial charge on any atom is 0.253 e. The predicted molar refractivity (Wildman–Crippen MR) is 97.0 cm³/mol. The molecular weight excluding hydrogens is 282 g/mol. The number of hydrogen-bond acceptors (Lipinski definition) is 1. The zero-order chi connectivity index (χ0) is 16.0. The highest BCUT2D eigenvalue weighted by molar-refractivity contribution is 6.20. The van der Waals surface area contributed by atoms with Crippen LogP contribution in [-0.2, 0) is 0 Å². The lowest BCUT2D eigenvalue weighted by Gasteiger charge is -2.14. The van der Waals surface area contributed by atoms with Crippen LogP contribution in [0, 0.1) is 0 Å². The highest BCUT2D eigenvalue weighted by Gasteiger charge is 2.13. The molecule has 4 aromatic rings. The average Bonchev–Trinajstić information content (AvgIpc) is 2.59. The zero-order valence-electron chi connectivity index (χ0n) is 13.2. The number of hydrogen-bond donors (Lipinski definition) is 0. The Kier molecular flexibility index (Phi) is 3.05. The van der Waals surface area contributed by atoms with Gasteiger partial charge in [-0.3, -0.25) is 4.79 Å². The van der Waals surface area contributed by atoms with Crippen molar-refractivity contribution in [2.24, 2.45) is 0 Å². The summed E-state index contributed by atoms with van der Waals surface area (Å²) in [4.78, 5) is 14.1. The number of fused-ring (bicyclic) bond motifs is 5. The SMILES string of the molecule is CN(C)C(=O)c1cccc2c1ccc1c3ccccc3ccc21. The van der Waals surface area contributed by atoms with Crippen molar-refractivity contribution in [3.63, 3.8) is 0 Å². The second-order valence-corrected chi connectivity index (χ2v) is 6.05. The van der Waals surface area contributed by atoms with E-state index in [0.29, 0.717) is 0 Å². The van der Waals surface area contributed by atoms with E-state index in [4.69, 9.17) is 0 Å². The molecule has 4 rings (SSSR count). The lowest BCUT2D eigenvalue weighted by Crippen LogP contribution is -2.21. The Bertz CT molecular complexity index is 1060. The third-order valence-corrected chi connectivity index (χ3v) is 4.42. The van der Waals surface area contributed by atoms with Crippen LogP contribution in [0.4, 0.5) is 0 Å². The number of nitrogens with zero attached hydrogens (tertiary/aromatic N) is 1. The van der Waals surface area contributed by atoms with Gasteiger partial charge in [-0.25, -0.2) is 0 Å². The number of benzene rings is 4. The largest absolute Gasteiger partial charge is 0.345 e. The number of amides is 1. The smallest absolute Gasteiger partial charge is 0.253 e. The van der Waals surface area contributed by atoms with Crippen LogP contribution in [0.3, 0.4) is 0 Å². The van der Waals surface area contributed by atoms with E-state index in [9.17, 15) is 4.79 Å². The third-order valence-electron chi connectivity index (χ3n) is 4.42. The van der Waals surface area contributed by atoms with E-state index in [2.05, 4.69) is 54.6 Å². The van der Waals surface area contributed by atoms with Crippen LogP contribution in [0.5, 0.6) is 0 Å². The Morgan fingerprint density at radius 2 is 1.26 bits per heavy atom. The molecule has 0 saturated carbocycles. The lowest BCUT2D eigenvalue weighted by atomic mass is 9.95. The fraction of sp³-hybridized carbons (Fsp3) is 0.0952. The molecule has 0 atom stereocenters. The summed E-state index contributed by atoms with van der Waals surface area (Å²) in [6.07, 6.45) is 0. The summed E-state index contributed by atoms with van der Waals surface area (Å²) in [7, 11) is 3.57. The molecule has 0 aliphatic rings. The molecule has 0 radical (unpaired) electrons. The summed E-state index contributed by atoms with van der Waals surface area (Å²) in [5, 5.41) is 7.03. The van der Waals surface area contributed by atoms with Gasteiger partial charge in [0.2, 0.25) is 0 Å². The minimum Gasteiger partial charge on any atom is -0.345 e. The minimum atomic E-state index is 0.0377. The van der Waals surface area contributed by atoms with Gasteiger partial charge in [-0.1, -0.05) is 60.7 Å². The van der Waals surface area contributed by atoms with Gasteiger partial charge in [-0.2, -0.15) is 0 Å². The molecule has 1 amide bonds. The van der Waals surface area contributed by atoms with Crippen molar-refractivity contribution in [2.75, 3.05) is 14.1 Å². The molecular formula is C21H17NO. The molecule has 0 bridgehead atoms. The third kappa shape index (κ3) is 2.07. The van der Waals surface area contributed by atoms with Crippen molar-refractivity contribution in [1.82, 2.24) is 4.90 Å². The lowest BCUT2D eigenvalue weighted by molar-refractivity contribution is 0.0829. The molecule has 112 valence electrons. The summed E-state index contributed by atoms with van der Waals surface area (Å²) < 4.78 is 0. The van der Waals surface area contributed by atoms with Crippen LogP contribution in [0.15, 0.2) is 66.7 Å². The van der Waals surface area contributed by atoms with Crippen LogP contribution in [0.25, 0.3) is 32.3 Å². The van der Waals surface area contributed by atoms with Crippen LogP contribution in [-0.4, -0.2) is 24.9 Å². The Labute approximate surface area is 134 Å². The van der Waals surface area contributed by atoms with Gasteiger partial charge >= 0.3 is 0 Å². The maximum atomic E-state index is 12.4. The molecule has 0 spiro atoms. The van der Waals surface area contributed by atoms with Gasteiger partial charge in [0.15, 0.2) is 0 Å². The average molecular weight is 299 g/mol. The summed E-state index contributed by atoms with van der Waals surface area (Å²) in [5.41, 5.74) is 0.752. The molecule has 0 saturated heterocycles. The van der Waals surface area contributed by atoms with Crippen LogP contribution < -0.4 is 0 Å². The van der Waals surface area contributed by atoms with E-state index < -0.39 is 0 Å². The van der Waals surface area contributed by atoms with Crippen molar-refractivity contribution in [1.29, 1.82) is 0 Å². The fourth-order valence-electron chi connectivity index (χ4n) is 3.28. The standard InChI is InChI=1S/C21H17NO/c1-22(2)21(23)20-9-5-8-16-18-11-10-14-6-3-4-7-15(14)17(18)12-13-19(16)20/h3-13H,1-2H3. The van der Waals surface area contributed by atoms with E-state index in [1.807, 2.05) is 12.1 Å². The van der Waals surface area contributed by atoms with Gasteiger partial charge in [0.05, 0.1) is 0 Å². The summed E-state index contributed by atoms with van der Waals surface area (Å²) in [5.74, 6) is 0.0377. The highest BCUT2D eigenvalue weighted by atomic mass is 16.2. The molecule has 4 aromatic carbocycles. The number of rotatable bonds is 1. The molecule has 0 unspecified atom stereocenters. The van der Waals surface area contributed by atoms with E-state index in [-0.39, 0.29) is 5.91 Å². The number of carbonyl (C=O) groups excluding carboxylic acids is 1. The first-order valence-corrected chi connectivity index (χ1v) is 7.71. The van der Waals surface area contributed by atoms with E-state index >= 15 is 0 Å². The first-order valence-electron chi connectivity index (χ1n) is 7.71. The normalized spacial score (nSPS) is 11.2. The molecule has 2 nitrogen and oxygen atoms in total. The van der Waals surface area contributed by atoms with Crippen LogP contribution >= 0.6 is 0 Å². The Hall–Kier alpha value is -2.87. The maximum absolute atomic E-state index is 12.4. The van der Waals surface area contributed by atoms with Gasteiger partial charge in [-0.05, 0) is 38.4 Å². The van der Waals surface area contributed by atoms with Crippen LogP contribution in [0.2, 0.25) is 0 Å². The van der Waals surface area contributed by atoms with E-state index in [1.54, 1.807) is 19.0 Å². The Balaban J connectivity index is 2.12. The first-order chi connectivity index (χ1) is 11.2. The Morgan fingerprint density at radius 3 is 2.09 bits per heavy atom. The van der Waals surface area contributed by atoms with Crippen molar-refractivity contribution in [3.05, 3.63) is 72.3 Å². The van der Waals surface area contributed by atoms with Crippen molar-refractivity contribution < 1.29 is 4.79 Å². The van der Waals surface area contributed by atoms with Crippen molar-refractivity contribution in [3.8, 4) is 0 Å². The predicted octanol–water partition coefficient (Wildman–Crippen LogP) is 4.85. The second-order valence-electron chi connectivity index (χ2n) is 6.05. The summed E-state index contributed by atoms with van der Waals surface area (Å²) >= 11 is 0. The highest BCUT2D eigenvalue weighted by Crippen LogP contribution is 2.32. The van der Waals surface area contributed by atoms with E-state index in [1.165, 1.54) is 21.5 Å². The summed E-state index contributed by atoms with van der Waals surface area (Å²) in [6, 6.07) is 22.9.